The normalized spacial score (nSPS) is 15.6. The SMILES string of the molecule is CN1CCN(C(=O)CNC(=O)c2cc(-c3ccco3)on2)CC1. The second-order valence-electron chi connectivity index (χ2n) is 5.42. The van der Waals surface area contributed by atoms with E-state index in [1.807, 2.05) is 7.05 Å². The van der Waals surface area contributed by atoms with Crippen molar-refractivity contribution in [1.29, 1.82) is 0 Å². The Morgan fingerprint density at radius 1 is 1.26 bits per heavy atom. The van der Waals surface area contributed by atoms with Crippen LogP contribution in [0.3, 0.4) is 0 Å². The third-order valence-electron chi connectivity index (χ3n) is 3.76. The number of hydrogen-bond acceptors (Lipinski definition) is 6. The molecule has 1 fully saturated rings. The summed E-state index contributed by atoms with van der Waals surface area (Å²) in [5.74, 6) is 0.311. The van der Waals surface area contributed by atoms with E-state index in [2.05, 4.69) is 15.4 Å². The number of nitrogens with one attached hydrogen (secondary N) is 1. The molecule has 0 spiro atoms. The van der Waals surface area contributed by atoms with Crippen LogP contribution < -0.4 is 5.32 Å². The van der Waals surface area contributed by atoms with E-state index in [4.69, 9.17) is 8.94 Å². The van der Waals surface area contributed by atoms with E-state index >= 15 is 0 Å². The maximum absolute atomic E-state index is 12.1. The first-order valence-electron chi connectivity index (χ1n) is 7.38. The first-order chi connectivity index (χ1) is 11.1. The quantitative estimate of drug-likeness (QED) is 0.879. The van der Waals surface area contributed by atoms with Crippen LogP contribution in [-0.4, -0.2) is 66.5 Å². The zero-order valence-corrected chi connectivity index (χ0v) is 12.8. The Kier molecular flexibility index (Phi) is 4.42. The molecule has 0 radical (unpaired) electrons. The number of furan rings is 1. The molecule has 0 saturated carbocycles. The first-order valence-corrected chi connectivity index (χ1v) is 7.38. The molecule has 0 atom stereocenters. The minimum atomic E-state index is -0.450. The van der Waals surface area contributed by atoms with Gasteiger partial charge < -0.3 is 24.1 Å². The van der Waals surface area contributed by atoms with Crippen LogP contribution in [0.2, 0.25) is 0 Å². The second kappa shape index (κ2) is 6.66. The van der Waals surface area contributed by atoms with E-state index in [1.54, 1.807) is 17.0 Å². The third-order valence-corrected chi connectivity index (χ3v) is 3.76. The van der Waals surface area contributed by atoms with Gasteiger partial charge in [0.15, 0.2) is 11.5 Å². The maximum atomic E-state index is 12.1. The van der Waals surface area contributed by atoms with Crippen molar-refractivity contribution in [3.05, 3.63) is 30.2 Å². The summed E-state index contributed by atoms with van der Waals surface area (Å²) in [6, 6.07) is 4.90. The molecule has 122 valence electrons. The lowest BCUT2D eigenvalue weighted by atomic mass is 10.3. The molecule has 1 N–H and O–H groups in total. The molecule has 1 aliphatic rings. The molecule has 1 saturated heterocycles. The first kappa shape index (κ1) is 15.3. The number of hydrogen-bond donors (Lipinski definition) is 1. The fourth-order valence-corrected chi connectivity index (χ4v) is 2.33. The highest BCUT2D eigenvalue weighted by Crippen LogP contribution is 2.20. The van der Waals surface area contributed by atoms with E-state index in [0.717, 1.165) is 13.1 Å². The van der Waals surface area contributed by atoms with Gasteiger partial charge in [-0.2, -0.15) is 0 Å². The molecule has 0 bridgehead atoms. The van der Waals surface area contributed by atoms with Crippen molar-refractivity contribution in [2.45, 2.75) is 0 Å². The van der Waals surface area contributed by atoms with Crippen molar-refractivity contribution < 1.29 is 18.5 Å². The number of aromatic nitrogens is 1. The number of nitrogens with zero attached hydrogens (tertiary/aromatic N) is 3. The largest absolute Gasteiger partial charge is 0.461 e. The van der Waals surface area contributed by atoms with Crippen molar-refractivity contribution in [3.8, 4) is 11.5 Å². The van der Waals surface area contributed by atoms with Crippen molar-refractivity contribution in [2.24, 2.45) is 0 Å². The summed E-state index contributed by atoms with van der Waals surface area (Å²) in [6.07, 6.45) is 1.51. The topological polar surface area (TPSA) is 91.8 Å². The van der Waals surface area contributed by atoms with Crippen LogP contribution >= 0.6 is 0 Å². The fraction of sp³-hybridized carbons (Fsp3) is 0.400. The fourth-order valence-electron chi connectivity index (χ4n) is 2.33. The van der Waals surface area contributed by atoms with E-state index in [9.17, 15) is 9.59 Å². The van der Waals surface area contributed by atoms with Crippen LogP contribution in [0, 0.1) is 0 Å². The summed E-state index contributed by atoms with van der Waals surface area (Å²) >= 11 is 0. The van der Waals surface area contributed by atoms with E-state index in [1.165, 1.54) is 12.3 Å². The van der Waals surface area contributed by atoms with Crippen molar-refractivity contribution in [3.63, 3.8) is 0 Å². The summed E-state index contributed by atoms with van der Waals surface area (Å²) in [4.78, 5) is 28.0. The van der Waals surface area contributed by atoms with Gasteiger partial charge in [-0.3, -0.25) is 9.59 Å². The predicted octanol–water partition coefficient (Wildman–Crippen LogP) is 0.438. The van der Waals surface area contributed by atoms with Gasteiger partial charge in [-0.1, -0.05) is 5.16 Å². The summed E-state index contributed by atoms with van der Waals surface area (Å²) in [5.41, 5.74) is 0.113. The smallest absolute Gasteiger partial charge is 0.273 e. The molecule has 2 aromatic heterocycles. The molecule has 0 aromatic carbocycles. The highest BCUT2D eigenvalue weighted by atomic mass is 16.5. The number of rotatable bonds is 4. The molecule has 8 nitrogen and oxygen atoms in total. The van der Waals surface area contributed by atoms with Crippen LogP contribution in [-0.2, 0) is 4.79 Å². The van der Waals surface area contributed by atoms with Gasteiger partial charge in [0, 0.05) is 32.2 Å². The van der Waals surface area contributed by atoms with Gasteiger partial charge in [0.25, 0.3) is 5.91 Å². The van der Waals surface area contributed by atoms with Gasteiger partial charge in [-0.15, -0.1) is 0 Å². The summed E-state index contributed by atoms with van der Waals surface area (Å²) in [6.45, 7) is 2.99. The lowest BCUT2D eigenvalue weighted by Crippen LogP contribution is -2.50. The Balaban J connectivity index is 1.52. The molecular formula is C15H18N4O4. The van der Waals surface area contributed by atoms with Gasteiger partial charge in [-0.05, 0) is 19.2 Å². The zero-order valence-electron chi connectivity index (χ0n) is 12.8. The molecule has 1 aliphatic heterocycles. The highest BCUT2D eigenvalue weighted by molar-refractivity contribution is 5.95. The van der Waals surface area contributed by atoms with Crippen LogP contribution in [0.4, 0.5) is 0 Å². The Labute approximate surface area is 133 Å². The molecular weight excluding hydrogens is 300 g/mol. The summed E-state index contributed by atoms with van der Waals surface area (Å²) in [5, 5.41) is 6.26. The van der Waals surface area contributed by atoms with Crippen LogP contribution in [0.1, 0.15) is 10.5 Å². The predicted molar refractivity (Wildman–Crippen MR) is 80.6 cm³/mol. The number of amides is 2. The lowest BCUT2D eigenvalue weighted by molar-refractivity contribution is -0.131. The average molecular weight is 318 g/mol. The highest BCUT2D eigenvalue weighted by Gasteiger charge is 2.20. The number of carbonyl (C=O) groups is 2. The lowest BCUT2D eigenvalue weighted by Gasteiger charge is -2.32. The minimum Gasteiger partial charge on any atom is -0.461 e. The number of carbonyl (C=O) groups excluding carboxylic acids is 2. The molecule has 2 amide bonds. The van der Waals surface area contributed by atoms with Crippen LogP contribution in [0.15, 0.2) is 33.4 Å². The molecule has 8 heteroatoms. The Morgan fingerprint density at radius 3 is 2.74 bits per heavy atom. The van der Waals surface area contributed by atoms with Crippen molar-refractivity contribution >= 4 is 11.8 Å². The average Bonchev–Trinajstić information content (AvgIpc) is 3.23. The molecule has 2 aromatic rings. The monoisotopic (exact) mass is 318 g/mol. The zero-order chi connectivity index (χ0) is 16.2. The van der Waals surface area contributed by atoms with Gasteiger partial charge in [-0.25, -0.2) is 0 Å². The Bertz CT molecular complexity index is 671. The van der Waals surface area contributed by atoms with Crippen LogP contribution in [0.25, 0.3) is 11.5 Å². The van der Waals surface area contributed by atoms with Gasteiger partial charge >= 0.3 is 0 Å². The maximum Gasteiger partial charge on any atom is 0.273 e. The molecule has 3 heterocycles. The molecule has 3 rings (SSSR count). The Morgan fingerprint density at radius 2 is 2.04 bits per heavy atom. The van der Waals surface area contributed by atoms with Crippen LogP contribution in [0.5, 0.6) is 0 Å². The number of piperazine rings is 1. The van der Waals surface area contributed by atoms with Gasteiger partial charge in [0.1, 0.15) is 0 Å². The van der Waals surface area contributed by atoms with Gasteiger partial charge in [0.05, 0.1) is 12.8 Å². The summed E-state index contributed by atoms with van der Waals surface area (Å²) < 4.78 is 10.2. The molecule has 0 unspecified atom stereocenters. The summed E-state index contributed by atoms with van der Waals surface area (Å²) in [7, 11) is 2.02. The standard InChI is InChI=1S/C15H18N4O4/c1-18-4-6-19(7-5-18)14(20)10-16-15(21)11-9-13(23-17-11)12-3-2-8-22-12/h2-3,8-9H,4-7,10H2,1H3,(H,16,21). The number of likely N-dealkylation sites (N-methyl/N-ethyl adjacent to an activating group) is 1. The molecule has 23 heavy (non-hydrogen) atoms. The van der Waals surface area contributed by atoms with E-state index < -0.39 is 5.91 Å². The molecule has 0 aliphatic carbocycles. The van der Waals surface area contributed by atoms with Gasteiger partial charge in [0.2, 0.25) is 11.7 Å². The second-order valence-corrected chi connectivity index (χ2v) is 5.42. The van der Waals surface area contributed by atoms with E-state index in [-0.39, 0.29) is 18.1 Å². The minimum absolute atomic E-state index is 0.0501. The van der Waals surface area contributed by atoms with Crippen molar-refractivity contribution in [2.75, 3.05) is 39.8 Å². The van der Waals surface area contributed by atoms with E-state index in [0.29, 0.717) is 24.6 Å². The third kappa shape index (κ3) is 3.59. The van der Waals surface area contributed by atoms with Crippen molar-refractivity contribution in [1.82, 2.24) is 20.3 Å². The Hall–Kier alpha value is -2.61.